The Bertz CT molecular complexity index is 848. The summed E-state index contributed by atoms with van der Waals surface area (Å²) in [4.78, 5) is 9.41. The molecule has 1 fully saturated rings. The Morgan fingerprint density at radius 3 is 2.60 bits per heavy atom. The summed E-state index contributed by atoms with van der Waals surface area (Å²) in [6.07, 6.45) is 2.90. The summed E-state index contributed by atoms with van der Waals surface area (Å²) in [5.41, 5.74) is 4.71. The van der Waals surface area contributed by atoms with Crippen molar-refractivity contribution in [3.8, 4) is 0 Å². The minimum Gasteiger partial charge on any atom is -0.459 e. The van der Waals surface area contributed by atoms with Gasteiger partial charge in [0.2, 0.25) is 0 Å². The van der Waals surface area contributed by atoms with Gasteiger partial charge in [-0.05, 0) is 37.6 Å². The lowest BCUT2D eigenvalue weighted by Crippen LogP contribution is -2.47. The minimum atomic E-state index is 1.02. The van der Waals surface area contributed by atoms with E-state index in [1.807, 2.05) is 12.3 Å². The van der Waals surface area contributed by atoms with Crippen LogP contribution in [0.2, 0.25) is 0 Å². The predicted octanol–water partition coefficient (Wildman–Crippen LogP) is 3.81. The molecule has 0 radical (unpaired) electrons. The van der Waals surface area contributed by atoms with Crippen molar-refractivity contribution in [1.82, 2.24) is 9.88 Å². The number of hydrogen-bond donors (Lipinski definition) is 0. The maximum atomic E-state index is 6.05. The maximum absolute atomic E-state index is 6.05. The van der Waals surface area contributed by atoms with Crippen LogP contribution in [-0.2, 0) is 6.42 Å². The average molecular weight is 335 g/mol. The zero-order valence-corrected chi connectivity index (χ0v) is 15.0. The number of hydrogen-bond acceptors (Lipinski definition) is 4. The first-order valence-electron chi connectivity index (χ1n) is 9.08. The standard InChI is InChI=1S/C21H25N3O/c1-16-17(2)25-21-19(16)7-5-8-20(21)24-14-12-23(13-15-24)11-9-18-6-3-4-10-22-18/h3-8,10H,9,11-15H2,1-2H3. The second kappa shape index (κ2) is 6.89. The van der Waals surface area contributed by atoms with Crippen LogP contribution < -0.4 is 4.90 Å². The lowest BCUT2D eigenvalue weighted by Gasteiger charge is -2.36. The van der Waals surface area contributed by atoms with Crippen molar-refractivity contribution < 1.29 is 4.42 Å². The molecular weight excluding hydrogens is 310 g/mol. The zero-order chi connectivity index (χ0) is 17.2. The van der Waals surface area contributed by atoms with Crippen LogP contribution in [0.25, 0.3) is 11.0 Å². The maximum Gasteiger partial charge on any atom is 0.157 e. The van der Waals surface area contributed by atoms with E-state index >= 15 is 0 Å². The number of fused-ring (bicyclic) bond motifs is 1. The van der Waals surface area contributed by atoms with Crippen LogP contribution in [0.15, 0.2) is 47.0 Å². The third-order valence-electron chi connectivity index (χ3n) is 5.30. The van der Waals surface area contributed by atoms with E-state index in [0.29, 0.717) is 0 Å². The van der Waals surface area contributed by atoms with Crippen LogP contribution in [0.1, 0.15) is 17.0 Å². The summed E-state index contributed by atoms with van der Waals surface area (Å²) < 4.78 is 6.05. The number of furan rings is 1. The SMILES string of the molecule is Cc1oc2c(N3CCN(CCc4ccccn4)CC3)cccc2c1C. The van der Waals surface area contributed by atoms with Gasteiger partial charge in [-0.15, -0.1) is 0 Å². The summed E-state index contributed by atoms with van der Waals surface area (Å²) in [5.74, 6) is 1.02. The number of piperazine rings is 1. The van der Waals surface area contributed by atoms with E-state index < -0.39 is 0 Å². The van der Waals surface area contributed by atoms with Crippen molar-refractivity contribution in [3.63, 3.8) is 0 Å². The lowest BCUT2D eigenvalue weighted by molar-refractivity contribution is 0.260. The van der Waals surface area contributed by atoms with Gasteiger partial charge in [-0.25, -0.2) is 0 Å². The van der Waals surface area contributed by atoms with E-state index in [2.05, 4.69) is 59.0 Å². The van der Waals surface area contributed by atoms with Crippen molar-refractivity contribution >= 4 is 16.7 Å². The van der Waals surface area contributed by atoms with Crippen LogP contribution in [0.4, 0.5) is 5.69 Å². The third-order valence-corrected chi connectivity index (χ3v) is 5.30. The average Bonchev–Trinajstić information content (AvgIpc) is 2.96. The highest BCUT2D eigenvalue weighted by Crippen LogP contribution is 2.33. The van der Waals surface area contributed by atoms with E-state index in [1.165, 1.54) is 22.3 Å². The first-order chi connectivity index (χ1) is 12.2. The Morgan fingerprint density at radius 1 is 1.00 bits per heavy atom. The van der Waals surface area contributed by atoms with E-state index in [1.54, 1.807) is 0 Å². The van der Waals surface area contributed by atoms with Crippen LogP contribution in [0.5, 0.6) is 0 Å². The number of rotatable bonds is 4. The number of aryl methyl sites for hydroxylation is 2. The summed E-state index contributed by atoms with van der Waals surface area (Å²) >= 11 is 0. The Morgan fingerprint density at radius 2 is 1.84 bits per heavy atom. The van der Waals surface area contributed by atoms with Gasteiger partial charge in [0.1, 0.15) is 5.76 Å². The van der Waals surface area contributed by atoms with Crippen LogP contribution in [0.3, 0.4) is 0 Å². The van der Waals surface area contributed by atoms with Gasteiger partial charge >= 0.3 is 0 Å². The molecule has 0 amide bonds. The Balaban J connectivity index is 1.41. The smallest absolute Gasteiger partial charge is 0.157 e. The van der Waals surface area contributed by atoms with Crippen LogP contribution in [0, 0.1) is 13.8 Å². The Kier molecular flexibility index (Phi) is 4.45. The normalized spacial score (nSPS) is 15.8. The fraction of sp³-hybridized carbons (Fsp3) is 0.381. The monoisotopic (exact) mass is 335 g/mol. The Labute approximate surface area is 149 Å². The van der Waals surface area contributed by atoms with Gasteiger partial charge in [0.25, 0.3) is 0 Å². The molecule has 3 heterocycles. The number of benzene rings is 1. The molecule has 0 N–H and O–H groups in total. The van der Waals surface area contributed by atoms with E-state index in [0.717, 1.165) is 50.5 Å². The van der Waals surface area contributed by atoms with Gasteiger partial charge in [0, 0.05) is 56.4 Å². The van der Waals surface area contributed by atoms with Crippen molar-refractivity contribution in [1.29, 1.82) is 0 Å². The van der Waals surface area contributed by atoms with E-state index in [4.69, 9.17) is 4.42 Å². The van der Waals surface area contributed by atoms with Gasteiger partial charge < -0.3 is 9.32 Å². The quantitative estimate of drug-likeness (QED) is 0.726. The third kappa shape index (κ3) is 3.27. The molecule has 0 atom stereocenters. The highest BCUT2D eigenvalue weighted by atomic mass is 16.3. The van der Waals surface area contributed by atoms with E-state index in [-0.39, 0.29) is 0 Å². The second-order valence-corrected chi connectivity index (χ2v) is 6.84. The first kappa shape index (κ1) is 16.2. The molecule has 3 aromatic rings. The summed E-state index contributed by atoms with van der Waals surface area (Å²) in [7, 11) is 0. The molecule has 4 rings (SSSR count). The van der Waals surface area contributed by atoms with Crippen LogP contribution in [-0.4, -0.2) is 42.6 Å². The van der Waals surface area contributed by atoms with Crippen molar-refractivity contribution in [2.45, 2.75) is 20.3 Å². The molecule has 0 bridgehead atoms. The van der Waals surface area contributed by atoms with Crippen molar-refractivity contribution in [2.75, 3.05) is 37.6 Å². The molecule has 1 aliphatic heterocycles. The summed E-state index contributed by atoms with van der Waals surface area (Å²) in [6, 6.07) is 12.6. The lowest BCUT2D eigenvalue weighted by atomic mass is 10.1. The highest BCUT2D eigenvalue weighted by molar-refractivity contribution is 5.92. The molecule has 0 aliphatic carbocycles. The number of para-hydroxylation sites is 1. The fourth-order valence-electron chi connectivity index (χ4n) is 3.63. The molecule has 130 valence electrons. The molecular formula is C21H25N3O. The second-order valence-electron chi connectivity index (χ2n) is 6.84. The molecule has 4 nitrogen and oxygen atoms in total. The molecule has 0 saturated carbocycles. The van der Waals surface area contributed by atoms with Gasteiger partial charge in [-0.3, -0.25) is 9.88 Å². The molecule has 1 aromatic carbocycles. The summed E-state index contributed by atoms with van der Waals surface area (Å²) in [5, 5.41) is 1.24. The largest absolute Gasteiger partial charge is 0.459 e. The van der Waals surface area contributed by atoms with Crippen LogP contribution >= 0.6 is 0 Å². The number of nitrogens with zero attached hydrogens (tertiary/aromatic N) is 3. The topological polar surface area (TPSA) is 32.5 Å². The molecule has 0 unspecified atom stereocenters. The molecule has 4 heteroatoms. The van der Waals surface area contributed by atoms with Gasteiger partial charge in [0.15, 0.2) is 5.58 Å². The molecule has 1 saturated heterocycles. The Hall–Kier alpha value is -2.33. The van der Waals surface area contributed by atoms with Crippen molar-refractivity contribution in [2.24, 2.45) is 0 Å². The number of aromatic nitrogens is 1. The van der Waals surface area contributed by atoms with E-state index in [9.17, 15) is 0 Å². The van der Waals surface area contributed by atoms with Gasteiger partial charge in [-0.1, -0.05) is 18.2 Å². The molecule has 1 aliphatic rings. The minimum absolute atomic E-state index is 1.02. The molecule has 0 spiro atoms. The van der Waals surface area contributed by atoms with Gasteiger partial charge in [-0.2, -0.15) is 0 Å². The first-order valence-corrected chi connectivity index (χ1v) is 9.08. The number of pyridine rings is 1. The highest BCUT2D eigenvalue weighted by Gasteiger charge is 2.20. The summed E-state index contributed by atoms with van der Waals surface area (Å²) in [6.45, 7) is 9.52. The fourth-order valence-corrected chi connectivity index (χ4v) is 3.63. The zero-order valence-electron chi connectivity index (χ0n) is 15.0. The molecule has 2 aromatic heterocycles. The predicted molar refractivity (Wildman–Crippen MR) is 102 cm³/mol. The van der Waals surface area contributed by atoms with Crippen molar-refractivity contribution in [3.05, 3.63) is 59.6 Å². The molecule has 25 heavy (non-hydrogen) atoms. The number of anilines is 1. The van der Waals surface area contributed by atoms with Gasteiger partial charge in [0.05, 0.1) is 5.69 Å².